The quantitative estimate of drug-likeness (QED) is 0.767. The number of anilines is 1. The molecular formula is C15H22ClFN2. The second-order valence-corrected chi connectivity index (χ2v) is 6.28. The van der Waals surface area contributed by atoms with Crippen LogP contribution in [0.15, 0.2) is 18.2 Å². The molecule has 0 saturated carbocycles. The molecule has 19 heavy (non-hydrogen) atoms. The smallest absolute Gasteiger partial charge is 0.129 e. The van der Waals surface area contributed by atoms with Gasteiger partial charge in [-0.3, -0.25) is 4.90 Å². The van der Waals surface area contributed by atoms with Crippen molar-refractivity contribution in [1.82, 2.24) is 4.90 Å². The minimum atomic E-state index is -0.203. The summed E-state index contributed by atoms with van der Waals surface area (Å²) >= 11 is 5.88. The van der Waals surface area contributed by atoms with Crippen LogP contribution in [0, 0.1) is 5.82 Å². The zero-order chi connectivity index (χ0) is 14.0. The third-order valence-electron chi connectivity index (χ3n) is 3.80. The van der Waals surface area contributed by atoms with Gasteiger partial charge in [-0.05, 0) is 32.9 Å². The highest BCUT2D eigenvalue weighted by Gasteiger charge is 2.26. The molecule has 1 aromatic carbocycles. The third kappa shape index (κ3) is 3.21. The van der Waals surface area contributed by atoms with Crippen molar-refractivity contribution >= 4 is 17.3 Å². The van der Waals surface area contributed by atoms with Gasteiger partial charge in [-0.1, -0.05) is 6.07 Å². The lowest BCUT2D eigenvalue weighted by molar-refractivity contribution is 0.128. The molecule has 0 aliphatic carbocycles. The topological polar surface area (TPSA) is 6.48 Å². The first kappa shape index (κ1) is 14.6. The minimum Gasteiger partial charge on any atom is -0.369 e. The molecule has 0 aromatic heterocycles. The van der Waals surface area contributed by atoms with E-state index in [2.05, 4.69) is 30.6 Å². The van der Waals surface area contributed by atoms with Gasteiger partial charge in [-0.15, -0.1) is 11.6 Å². The van der Waals surface area contributed by atoms with Gasteiger partial charge in [0.25, 0.3) is 0 Å². The summed E-state index contributed by atoms with van der Waals surface area (Å²) in [5.41, 5.74) is 1.76. The third-order valence-corrected chi connectivity index (χ3v) is 4.06. The van der Waals surface area contributed by atoms with Crippen molar-refractivity contribution in [1.29, 1.82) is 0 Å². The molecule has 0 amide bonds. The Morgan fingerprint density at radius 1 is 1.16 bits per heavy atom. The maximum absolute atomic E-state index is 13.7. The maximum atomic E-state index is 13.7. The highest BCUT2D eigenvalue weighted by atomic mass is 35.5. The number of halogens is 2. The first-order valence-electron chi connectivity index (χ1n) is 6.77. The number of hydrogen-bond donors (Lipinski definition) is 0. The summed E-state index contributed by atoms with van der Waals surface area (Å²) in [4.78, 5) is 4.70. The highest BCUT2D eigenvalue weighted by Crippen LogP contribution is 2.27. The monoisotopic (exact) mass is 284 g/mol. The van der Waals surface area contributed by atoms with Gasteiger partial charge in [-0.2, -0.15) is 0 Å². The molecule has 106 valence electrons. The van der Waals surface area contributed by atoms with Gasteiger partial charge >= 0.3 is 0 Å². The largest absolute Gasteiger partial charge is 0.369 e. The normalized spacial score (nSPS) is 17.8. The predicted octanol–water partition coefficient (Wildman–Crippen LogP) is 3.49. The molecule has 2 nitrogen and oxygen atoms in total. The van der Waals surface area contributed by atoms with Crippen molar-refractivity contribution in [3.63, 3.8) is 0 Å². The van der Waals surface area contributed by atoms with Crippen molar-refractivity contribution in [3.05, 3.63) is 29.6 Å². The molecule has 2 rings (SSSR count). The van der Waals surface area contributed by atoms with Crippen molar-refractivity contribution in [2.24, 2.45) is 0 Å². The van der Waals surface area contributed by atoms with Crippen molar-refractivity contribution in [2.75, 3.05) is 31.1 Å². The fraction of sp³-hybridized carbons (Fsp3) is 0.600. The molecule has 1 saturated heterocycles. The van der Waals surface area contributed by atoms with Gasteiger partial charge in [0, 0.05) is 43.0 Å². The second-order valence-electron chi connectivity index (χ2n) is 6.02. The maximum Gasteiger partial charge on any atom is 0.129 e. The molecule has 1 aliphatic heterocycles. The van der Waals surface area contributed by atoms with Gasteiger partial charge in [0.15, 0.2) is 0 Å². The minimum absolute atomic E-state index is 0.198. The Morgan fingerprint density at radius 2 is 1.79 bits per heavy atom. The summed E-state index contributed by atoms with van der Waals surface area (Å²) in [6.07, 6.45) is 0. The second kappa shape index (κ2) is 5.68. The van der Waals surface area contributed by atoms with Gasteiger partial charge in [-0.25, -0.2) is 4.39 Å². The lowest BCUT2D eigenvalue weighted by atomic mass is 10.0. The Hall–Kier alpha value is -0.800. The van der Waals surface area contributed by atoms with Gasteiger partial charge in [0.05, 0.1) is 5.88 Å². The molecule has 0 unspecified atom stereocenters. The Bertz CT molecular complexity index is 434. The van der Waals surface area contributed by atoms with E-state index in [1.807, 2.05) is 6.07 Å². The van der Waals surface area contributed by atoms with Crippen LogP contribution >= 0.6 is 11.6 Å². The van der Waals surface area contributed by atoms with Crippen LogP contribution in [0.3, 0.4) is 0 Å². The first-order valence-corrected chi connectivity index (χ1v) is 7.30. The van der Waals surface area contributed by atoms with Crippen LogP contribution in [0.1, 0.15) is 26.3 Å². The van der Waals surface area contributed by atoms with Crippen molar-refractivity contribution in [3.8, 4) is 0 Å². The van der Waals surface area contributed by atoms with Crippen LogP contribution in [-0.4, -0.2) is 36.6 Å². The zero-order valence-electron chi connectivity index (χ0n) is 11.9. The molecule has 4 heteroatoms. The molecule has 0 radical (unpaired) electrons. The van der Waals surface area contributed by atoms with Crippen LogP contribution in [-0.2, 0) is 5.88 Å². The van der Waals surface area contributed by atoms with E-state index in [-0.39, 0.29) is 17.2 Å². The van der Waals surface area contributed by atoms with E-state index in [9.17, 15) is 4.39 Å². The number of benzene rings is 1. The highest BCUT2D eigenvalue weighted by molar-refractivity contribution is 6.17. The molecule has 1 heterocycles. The van der Waals surface area contributed by atoms with Gasteiger partial charge in [0.2, 0.25) is 0 Å². The molecule has 1 aromatic rings. The average Bonchev–Trinajstić information content (AvgIpc) is 2.37. The fourth-order valence-electron chi connectivity index (χ4n) is 2.59. The predicted molar refractivity (Wildman–Crippen MR) is 79.5 cm³/mol. The Balaban J connectivity index is 2.12. The van der Waals surface area contributed by atoms with E-state index in [1.165, 1.54) is 6.07 Å². The summed E-state index contributed by atoms with van der Waals surface area (Å²) < 4.78 is 13.7. The Kier molecular flexibility index (Phi) is 4.36. The number of nitrogens with zero attached hydrogens (tertiary/aromatic N) is 2. The van der Waals surface area contributed by atoms with Crippen molar-refractivity contribution in [2.45, 2.75) is 32.2 Å². The Labute approximate surface area is 120 Å². The summed E-state index contributed by atoms with van der Waals surface area (Å²) in [6, 6.07) is 5.21. The van der Waals surface area contributed by atoms with E-state index in [0.29, 0.717) is 5.56 Å². The lowest BCUT2D eigenvalue weighted by Gasteiger charge is -2.43. The number of hydrogen-bond acceptors (Lipinski definition) is 2. The molecule has 1 aliphatic rings. The summed E-state index contributed by atoms with van der Waals surface area (Å²) in [6.45, 7) is 10.5. The molecule has 1 fully saturated rings. The average molecular weight is 285 g/mol. The van der Waals surface area contributed by atoms with Gasteiger partial charge in [0.1, 0.15) is 5.82 Å². The number of alkyl halides is 1. The van der Waals surface area contributed by atoms with E-state index in [4.69, 9.17) is 11.6 Å². The molecular weight excluding hydrogens is 263 g/mol. The van der Waals surface area contributed by atoms with Crippen LogP contribution in [0.5, 0.6) is 0 Å². The Morgan fingerprint density at radius 3 is 2.32 bits per heavy atom. The molecule has 0 N–H and O–H groups in total. The first-order chi connectivity index (χ1) is 8.93. The zero-order valence-corrected chi connectivity index (χ0v) is 12.7. The van der Waals surface area contributed by atoms with Gasteiger partial charge < -0.3 is 4.90 Å². The molecule has 0 atom stereocenters. The summed E-state index contributed by atoms with van der Waals surface area (Å²) in [5, 5.41) is 0. The van der Waals surface area contributed by atoms with Crippen LogP contribution in [0.4, 0.5) is 10.1 Å². The van der Waals surface area contributed by atoms with Crippen LogP contribution < -0.4 is 4.90 Å². The van der Waals surface area contributed by atoms with E-state index >= 15 is 0 Å². The van der Waals surface area contributed by atoms with E-state index in [1.54, 1.807) is 6.07 Å². The molecule has 0 bridgehead atoms. The van der Waals surface area contributed by atoms with E-state index in [0.717, 1.165) is 31.9 Å². The standard InChI is InChI=1S/C15H22ClFN2/c1-15(2,3)19-9-7-18(8-10-19)14-6-4-5-13(17)12(14)11-16/h4-6H,7-11H2,1-3H3. The fourth-order valence-corrected chi connectivity index (χ4v) is 2.86. The lowest BCUT2D eigenvalue weighted by Crippen LogP contribution is -2.53. The summed E-state index contributed by atoms with van der Waals surface area (Å²) in [7, 11) is 0. The summed E-state index contributed by atoms with van der Waals surface area (Å²) in [5.74, 6) is 0.0207. The molecule has 0 spiro atoms. The van der Waals surface area contributed by atoms with Crippen LogP contribution in [0.25, 0.3) is 0 Å². The number of rotatable bonds is 2. The van der Waals surface area contributed by atoms with Crippen LogP contribution in [0.2, 0.25) is 0 Å². The number of piperazine rings is 1. The van der Waals surface area contributed by atoms with Crippen molar-refractivity contribution < 1.29 is 4.39 Å². The van der Waals surface area contributed by atoms with E-state index < -0.39 is 0 Å². The SMILES string of the molecule is CC(C)(C)N1CCN(c2cccc(F)c2CCl)CC1.